The van der Waals surface area contributed by atoms with Gasteiger partial charge in [0.05, 0.1) is 0 Å². The Morgan fingerprint density at radius 1 is 1.22 bits per heavy atom. The Kier molecular flexibility index (Phi) is 5.93. The van der Waals surface area contributed by atoms with Gasteiger partial charge in [0, 0.05) is 29.1 Å². The van der Waals surface area contributed by atoms with Gasteiger partial charge in [-0.15, -0.1) is 17.9 Å². The summed E-state index contributed by atoms with van der Waals surface area (Å²) in [5.41, 5.74) is 1.46. The van der Waals surface area contributed by atoms with E-state index in [1.807, 2.05) is 0 Å². The van der Waals surface area contributed by atoms with Gasteiger partial charge in [-0.1, -0.05) is 6.08 Å². The predicted molar refractivity (Wildman–Crippen MR) is 101 cm³/mol. The van der Waals surface area contributed by atoms with Gasteiger partial charge in [0.15, 0.2) is 0 Å². The fraction of sp³-hybridized carbons (Fsp3) is 0.100. The van der Waals surface area contributed by atoms with E-state index in [0.717, 1.165) is 11.6 Å². The second-order valence-electron chi connectivity index (χ2n) is 5.59. The Morgan fingerprint density at radius 2 is 2.00 bits per heavy atom. The van der Waals surface area contributed by atoms with Crippen LogP contribution in [0.1, 0.15) is 16.1 Å². The molecule has 0 atom stereocenters. The Hall–Kier alpha value is -3.06. The molecule has 1 N–H and O–H groups in total. The number of thiazole rings is 1. The molecular formula is C20H16F2N2O2S. The molecule has 7 heteroatoms. The lowest BCUT2D eigenvalue weighted by Crippen LogP contribution is -2.23. The topological polar surface area (TPSA) is 51.2 Å². The highest BCUT2D eigenvalue weighted by molar-refractivity contribution is 7.13. The zero-order chi connectivity index (χ0) is 19.2. The minimum absolute atomic E-state index is 0.00364. The first kappa shape index (κ1) is 18.7. The number of halogens is 2. The lowest BCUT2D eigenvalue weighted by molar-refractivity contribution is 0.0954. The maximum absolute atomic E-state index is 13.6. The Morgan fingerprint density at radius 3 is 2.70 bits per heavy atom. The molecule has 2 aromatic carbocycles. The van der Waals surface area contributed by atoms with Crippen molar-refractivity contribution in [3.05, 3.63) is 83.4 Å². The highest BCUT2D eigenvalue weighted by Crippen LogP contribution is 2.26. The van der Waals surface area contributed by atoms with Crippen molar-refractivity contribution in [2.45, 2.75) is 6.61 Å². The molecule has 0 radical (unpaired) electrons. The summed E-state index contributed by atoms with van der Waals surface area (Å²) in [6.07, 6.45) is 1.60. The van der Waals surface area contributed by atoms with Crippen LogP contribution < -0.4 is 10.1 Å². The molecule has 0 saturated heterocycles. The normalized spacial score (nSPS) is 10.4. The van der Waals surface area contributed by atoms with Crippen LogP contribution in [0.2, 0.25) is 0 Å². The number of ether oxygens (including phenoxy) is 1. The number of carbonyl (C=O) groups is 1. The first-order chi connectivity index (χ1) is 13.1. The van der Waals surface area contributed by atoms with Crippen LogP contribution in [0.25, 0.3) is 10.6 Å². The monoisotopic (exact) mass is 386 g/mol. The maximum Gasteiger partial charge on any atom is 0.271 e. The molecule has 0 aliphatic heterocycles. The van der Waals surface area contributed by atoms with Crippen molar-refractivity contribution in [3.8, 4) is 16.3 Å². The summed E-state index contributed by atoms with van der Waals surface area (Å²) < 4.78 is 32.1. The Balaban J connectivity index is 1.64. The van der Waals surface area contributed by atoms with Gasteiger partial charge >= 0.3 is 0 Å². The SMILES string of the molecule is C=CCNC(=O)c1csc(-c2ccc(OCc3ccc(F)cc3F)cc2)n1. The number of benzene rings is 2. The molecule has 0 aliphatic carbocycles. The summed E-state index contributed by atoms with van der Waals surface area (Å²) in [5, 5.41) is 5.07. The Bertz CT molecular complexity index is 955. The van der Waals surface area contributed by atoms with Gasteiger partial charge in [-0.2, -0.15) is 0 Å². The third kappa shape index (κ3) is 4.77. The molecule has 138 valence electrons. The van der Waals surface area contributed by atoms with Crippen LogP contribution >= 0.6 is 11.3 Å². The van der Waals surface area contributed by atoms with Crippen molar-refractivity contribution >= 4 is 17.2 Å². The predicted octanol–water partition coefficient (Wildman–Crippen LogP) is 4.58. The number of hydrogen-bond donors (Lipinski definition) is 1. The minimum Gasteiger partial charge on any atom is -0.489 e. The molecule has 0 saturated carbocycles. The van der Waals surface area contributed by atoms with Crippen molar-refractivity contribution < 1.29 is 18.3 Å². The summed E-state index contributed by atoms with van der Waals surface area (Å²) in [6, 6.07) is 10.4. The van der Waals surface area contributed by atoms with Crippen molar-refractivity contribution in [2.75, 3.05) is 6.54 Å². The summed E-state index contributed by atoms with van der Waals surface area (Å²) in [5.74, 6) is -0.972. The summed E-state index contributed by atoms with van der Waals surface area (Å²) in [4.78, 5) is 16.2. The zero-order valence-corrected chi connectivity index (χ0v) is 15.1. The van der Waals surface area contributed by atoms with Crippen molar-refractivity contribution in [3.63, 3.8) is 0 Å². The number of hydrogen-bond acceptors (Lipinski definition) is 4. The van der Waals surface area contributed by atoms with E-state index in [1.165, 1.54) is 23.5 Å². The molecule has 1 aromatic heterocycles. The molecule has 0 aliphatic rings. The van der Waals surface area contributed by atoms with E-state index in [1.54, 1.807) is 35.7 Å². The smallest absolute Gasteiger partial charge is 0.271 e. The Labute approximate surface area is 159 Å². The molecule has 0 fully saturated rings. The quantitative estimate of drug-likeness (QED) is 0.605. The first-order valence-electron chi connectivity index (χ1n) is 8.08. The van der Waals surface area contributed by atoms with Crippen LogP contribution in [0.5, 0.6) is 5.75 Å². The average molecular weight is 386 g/mol. The number of nitrogens with one attached hydrogen (secondary N) is 1. The molecule has 3 rings (SSSR count). The lowest BCUT2D eigenvalue weighted by atomic mass is 10.2. The molecule has 27 heavy (non-hydrogen) atoms. The van der Waals surface area contributed by atoms with Crippen LogP contribution in [0.3, 0.4) is 0 Å². The van der Waals surface area contributed by atoms with E-state index in [4.69, 9.17) is 4.74 Å². The summed E-state index contributed by atoms with van der Waals surface area (Å²) >= 11 is 1.36. The second kappa shape index (κ2) is 8.55. The van der Waals surface area contributed by atoms with Crippen LogP contribution in [0.4, 0.5) is 8.78 Å². The number of aromatic nitrogens is 1. The summed E-state index contributed by atoms with van der Waals surface area (Å²) in [6.45, 7) is 3.93. The largest absolute Gasteiger partial charge is 0.489 e. The fourth-order valence-electron chi connectivity index (χ4n) is 2.26. The molecule has 0 spiro atoms. The molecule has 1 amide bonds. The van der Waals surface area contributed by atoms with Gasteiger partial charge in [0.25, 0.3) is 5.91 Å². The molecule has 4 nitrogen and oxygen atoms in total. The van der Waals surface area contributed by atoms with E-state index in [2.05, 4.69) is 16.9 Å². The number of amides is 1. The van der Waals surface area contributed by atoms with Crippen LogP contribution in [-0.4, -0.2) is 17.4 Å². The number of rotatable bonds is 7. The second-order valence-corrected chi connectivity index (χ2v) is 6.44. The molecule has 0 unspecified atom stereocenters. The molecule has 3 aromatic rings. The average Bonchev–Trinajstić information content (AvgIpc) is 3.16. The maximum atomic E-state index is 13.6. The van der Waals surface area contributed by atoms with Crippen molar-refractivity contribution in [1.82, 2.24) is 10.3 Å². The third-order valence-electron chi connectivity index (χ3n) is 3.65. The number of carbonyl (C=O) groups excluding carboxylic acids is 1. The van der Waals surface area contributed by atoms with Gasteiger partial charge in [-0.05, 0) is 36.4 Å². The lowest BCUT2D eigenvalue weighted by Gasteiger charge is -2.07. The van der Waals surface area contributed by atoms with E-state index >= 15 is 0 Å². The molecular weight excluding hydrogens is 370 g/mol. The van der Waals surface area contributed by atoms with Crippen molar-refractivity contribution in [1.29, 1.82) is 0 Å². The van der Waals surface area contributed by atoms with Gasteiger partial charge in [0.2, 0.25) is 0 Å². The molecule has 1 heterocycles. The van der Waals surface area contributed by atoms with E-state index < -0.39 is 11.6 Å². The van der Waals surface area contributed by atoms with E-state index in [9.17, 15) is 13.6 Å². The van der Waals surface area contributed by atoms with Crippen LogP contribution in [0, 0.1) is 11.6 Å². The van der Waals surface area contributed by atoms with Gasteiger partial charge in [-0.25, -0.2) is 13.8 Å². The molecule has 0 bridgehead atoms. The fourth-order valence-corrected chi connectivity index (χ4v) is 3.07. The highest BCUT2D eigenvalue weighted by Gasteiger charge is 2.11. The zero-order valence-electron chi connectivity index (χ0n) is 14.2. The minimum atomic E-state index is -0.642. The van der Waals surface area contributed by atoms with E-state index in [0.29, 0.717) is 23.0 Å². The van der Waals surface area contributed by atoms with Crippen LogP contribution in [-0.2, 0) is 6.61 Å². The van der Waals surface area contributed by atoms with E-state index in [-0.39, 0.29) is 18.1 Å². The van der Waals surface area contributed by atoms with Crippen molar-refractivity contribution in [2.24, 2.45) is 0 Å². The van der Waals surface area contributed by atoms with Gasteiger partial charge < -0.3 is 10.1 Å². The highest BCUT2D eigenvalue weighted by atomic mass is 32.1. The standard InChI is InChI=1S/C20H16F2N2O2S/c1-2-9-23-19(25)18-12-27-20(24-18)13-4-7-16(8-5-13)26-11-14-3-6-15(21)10-17(14)22/h2-8,10,12H,1,9,11H2,(H,23,25). The summed E-state index contributed by atoms with van der Waals surface area (Å²) in [7, 11) is 0. The van der Waals surface area contributed by atoms with Crippen LogP contribution in [0.15, 0.2) is 60.5 Å². The number of nitrogens with zero attached hydrogens (tertiary/aromatic N) is 1. The third-order valence-corrected chi connectivity index (χ3v) is 4.55. The first-order valence-corrected chi connectivity index (χ1v) is 8.96. The van der Waals surface area contributed by atoms with Gasteiger partial charge in [0.1, 0.15) is 34.7 Å². The van der Waals surface area contributed by atoms with Gasteiger partial charge in [-0.3, -0.25) is 4.79 Å².